The molecule has 0 radical (unpaired) electrons. The van der Waals surface area contributed by atoms with Crippen LogP contribution in [0, 0.1) is 5.92 Å². The highest BCUT2D eigenvalue weighted by Gasteiger charge is 2.37. The minimum Gasteiger partial charge on any atom is -0.356 e. The second-order valence-electron chi connectivity index (χ2n) is 7.43. The quantitative estimate of drug-likeness (QED) is 0.924. The van der Waals surface area contributed by atoms with Crippen molar-refractivity contribution in [3.63, 3.8) is 0 Å². The molecule has 4 heteroatoms. The van der Waals surface area contributed by atoms with E-state index in [2.05, 4.69) is 40.5 Å². The van der Waals surface area contributed by atoms with E-state index >= 15 is 0 Å². The van der Waals surface area contributed by atoms with Crippen molar-refractivity contribution in [1.82, 2.24) is 15.3 Å². The molecule has 2 fully saturated rings. The summed E-state index contributed by atoms with van der Waals surface area (Å²) in [4.78, 5) is 12.0. The van der Waals surface area contributed by atoms with Crippen molar-refractivity contribution < 1.29 is 0 Å². The van der Waals surface area contributed by atoms with Crippen molar-refractivity contribution in [2.24, 2.45) is 5.92 Å². The molecule has 1 N–H and O–H groups in total. The molecule has 0 spiro atoms. The number of nitrogens with zero attached hydrogens (tertiary/aromatic N) is 3. The van der Waals surface area contributed by atoms with Gasteiger partial charge in [0.1, 0.15) is 12.1 Å². The second-order valence-corrected chi connectivity index (χ2v) is 7.43. The Morgan fingerprint density at radius 2 is 2.00 bits per heavy atom. The van der Waals surface area contributed by atoms with Crippen LogP contribution in [0.15, 0.2) is 36.7 Å². The number of piperidine rings is 1. The fraction of sp³-hybridized carbons (Fsp3) is 0.500. The Morgan fingerprint density at radius 3 is 2.79 bits per heavy atom. The summed E-state index contributed by atoms with van der Waals surface area (Å²) in [6, 6.07) is 11.6. The zero-order valence-corrected chi connectivity index (χ0v) is 14.0. The third-order valence-corrected chi connectivity index (χ3v) is 6.08. The second kappa shape index (κ2) is 5.85. The topological polar surface area (TPSA) is 41.1 Å². The summed E-state index contributed by atoms with van der Waals surface area (Å²) in [6.45, 7) is 3.44. The van der Waals surface area contributed by atoms with Gasteiger partial charge in [0.05, 0.1) is 5.69 Å². The summed E-state index contributed by atoms with van der Waals surface area (Å²) in [6.07, 6.45) is 6.58. The van der Waals surface area contributed by atoms with Gasteiger partial charge >= 0.3 is 0 Å². The molecule has 24 heavy (non-hydrogen) atoms. The van der Waals surface area contributed by atoms with E-state index < -0.39 is 0 Å². The molecule has 1 aromatic heterocycles. The standard InChI is InChI=1S/C20H24N4/c1-2-5-14(6-3-1)16-7-4-8-17-19(16)22-13-23-20(17)24-10-9-18-15(12-24)11-21-18/h1-3,5-6,13,15-16,18,21H,4,7-12H2. The maximum absolute atomic E-state index is 4.73. The van der Waals surface area contributed by atoms with Gasteiger partial charge in [-0.15, -0.1) is 0 Å². The minimum atomic E-state index is 0.430. The van der Waals surface area contributed by atoms with E-state index in [0.717, 1.165) is 31.5 Å². The number of aromatic nitrogens is 2. The van der Waals surface area contributed by atoms with Gasteiger partial charge in [-0.25, -0.2) is 9.97 Å². The average Bonchev–Trinajstić information content (AvgIpc) is 2.63. The lowest BCUT2D eigenvalue weighted by Gasteiger charge is -2.47. The van der Waals surface area contributed by atoms with Crippen LogP contribution in [0.2, 0.25) is 0 Å². The van der Waals surface area contributed by atoms with E-state index in [4.69, 9.17) is 9.97 Å². The van der Waals surface area contributed by atoms with E-state index in [-0.39, 0.29) is 0 Å². The maximum Gasteiger partial charge on any atom is 0.135 e. The molecule has 0 bridgehead atoms. The molecule has 2 aromatic rings. The first-order chi connectivity index (χ1) is 11.9. The Morgan fingerprint density at radius 1 is 1.08 bits per heavy atom. The van der Waals surface area contributed by atoms with Gasteiger partial charge in [-0.3, -0.25) is 0 Å². The Balaban J connectivity index is 1.50. The number of benzene rings is 1. The number of rotatable bonds is 2. The predicted molar refractivity (Wildman–Crippen MR) is 95.4 cm³/mol. The van der Waals surface area contributed by atoms with Crippen LogP contribution in [-0.4, -0.2) is 35.6 Å². The van der Waals surface area contributed by atoms with Gasteiger partial charge in [-0.1, -0.05) is 30.3 Å². The number of hydrogen-bond acceptors (Lipinski definition) is 4. The highest BCUT2D eigenvalue weighted by molar-refractivity contribution is 5.52. The van der Waals surface area contributed by atoms with Gasteiger partial charge in [-0.05, 0) is 31.2 Å². The molecule has 3 atom stereocenters. The van der Waals surface area contributed by atoms with Crippen LogP contribution in [-0.2, 0) is 6.42 Å². The normalized spacial score (nSPS) is 28.7. The lowest BCUT2D eigenvalue weighted by molar-refractivity contribution is 0.198. The predicted octanol–water partition coefficient (Wildman–Crippen LogP) is 2.74. The summed E-state index contributed by atoms with van der Waals surface area (Å²) in [5.41, 5.74) is 4.07. The molecule has 3 heterocycles. The van der Waals surface area contributed by atoms with Crippen molar-refractivity contribution >= 4 is 5.82 Å². The first-order valence-corrected chi connectivity index (χ1v) is 9.27. The lowest BCUT2D eigenvalue weighted by atomic mass is 9.81. The van der Waals surface area contributed by atoms with Crippen molar-refractivity contribution in [2.45, 2.75) is 37.6 Å². The largest absolute Gasteiger partial charge is 0.356 e. The molecule has 3 aliphatic rings. The number of fused-ring (bicyclic) bond motifs is 2. The Labute approximate surface area is 143 Å². The molecule has 4 nitrogen and oxygen atoms in total. The first kappa shape index (κ1) is 14.4. The van der Waals surface area contributed by atoms with Crippen LogP contribution in [0.5, 0.6) is 0 Å². The Hall–Kier alpha value is -1.94. The summed E-state index contributed by atoms with van der Waals surface area (Å²) in [5, 5.41) is 3.55. The fourth-order valence-corrected chi connectivity index (χ4v) is 4.70. The van der Waals surface area contributed by atoms with Crippen LogP contribution in [0.25, 0.3) is 0 Å². The van der Waals surface area contributed by atoms with Crippen molar-refractivity contribution in [3.8, 4) is 0 Å². The molecular formula is C20H24N4. The highest BCUT2D eigenvalue weighted by atomic mass is 15.2. The van der Waals surface area contributed by atoms with Crippen molar-refractivity contribution in [3.05, 3.63) is 53.5 Å². The molecule has 5 rings (SSSR count). The summed E-state index contributed by atoms with van der Waals surface area (Å²) >= 11 is 0. The van der Waals surface area contributed by atoms with E-state index in [1.165, 1.54) is 48.4 Å². The molecule has 1 aliphatic carbocycles. The first-order valence-electron chi connectivity index (χ1n) is 9.27. The third-order valence-electron chi connectivity index (χ3n) is 6.08. The van der Waals surface area contributed by atoms with Gasteiger partial charge in [0.25, 0.3) is 0 Å². The van der Waals surface area contributed by atoms with Crippen LogP contribution in [0.3, 0.4) is 0 Å². The molecular weight excluding hydrogens is 296 g/mol. The Bertz CT molecular complexity index is 730. The smallest absolute Gasteiger partial charge is 0.135 e. The van der Waals surface area contributed by atoms with Gasteiger partial charge in [0.15, 0.2) is 0 Å². The van der Waals surface area contributed by atoms with Crippen LogP contribution >= 0.6 is 0 Å². The molecule has 0 saturated carbocycles. The maximum atomic E-state index is 4.73. The van der Waals surface area contributed by atoms with Gasteiger partial charge in [0, 0.05) is 43.1 Å². The fourth-order valence-electron chi connectivity index (χ4n) is 4.70. The monoisotopic (exact) mass is 320 g/mol. The Kier molecular flexibility index (Phi) is 3.51. The summed E-state index contributed by atoms with van der Waals surface area (Å²) < 4.78 is 0. The zero-order chi connectivity index (χ0) is 15.9. The molecule has 2 aliphatic heterocycles. The van der Waals surface area contributed by atoms with Crippen molar-refractivity contribution in [1.29, 1.82) is 0 Å². The van der Waals surface area contributed by atoms with E-state index in [9.17, 15) is 0 Å². The highest BCUT2D eigenvalue weighted by Crippen LogP contribution is 2.39. The number of nitrogens with one attached hydrogen (secondary N) is 1. The molecule has 2 saturated heterocycles. The lowest BCUT2D eigenvalue weighted by Crippen LogP contribution is -2.61. The van der Waals surface area contributed by atoms with E-state index in [0.29, 0.717) is 5.92 Å². The van der Waals surface area contributed by atoms with Gasteiger partial charge in [0.2, 0.25) is 0 Å². The summed E-state index contributed by atoms with van der Waals surface area (Å²) in [5.74, 6) is 2.45. The van der Waals surface area contributed by atoms with E-state index in [1.54, 1.807) is 6.33 Å². The SMILES string of the molecule is c1ccc(C2CCCc3c2ncnc3N2CCC3NCC3C2)cc1. The molecule has 0 amide bonds. The van der Waals surface area contributed by atoms with E-state index in [1.807, 2.05) is 0 Å². The van der Waals surface area contributed by atoms with Crippen LogP contribution in [0.1, 0.15) is 42.0 Å². The number of anilines is 1. The third kappa shape index (κ3) is 2.32. The zero-order valence-electron chi connectivity index (χ0n) is 14.0. The number of hydrogen-bond donors (Lipinski definition) is 1. The van der Waals surface area contributed by atoms with Crippen LogP contribution < -0.4 is 10.2 Å². The molecule has 124 valence electrons. The minimum absolute atomic E-state index is 0.430. The van der Waals surface area contributed by atoms with Gasteiger partial charge < -0.3 is 10.2 Å². The molecule has 1 aromatic carbocycles. The van der Waals surface area contributed by atoms with Crippen LogP contribution in [0.4, 0.5) is 5.82 Å². The average molecular weight is 320 g/mol. The van der Waals surface area contributed by atoms with Gasteiger partial charge in [-0.2, -0.15) is 0 Å². The molecule has 3 unspecified atom stereocenters. The van der Waals surface area contributed by atoms with Crippen molar-refractivity contribution in [2.75, 3.05) is 24.5 Å². The summed E-state index contributed by atoms with van der Waals surface area (Å²) in [7, 11) is 0.